The van der Waals surface area contributed by atoms with Crippen molar-refractivity contribution in [3.8, 4) is 0 Å². The lowest BCUT2D eigenvalue weighted by atomic mass is 10.1. The molecule has 5 nitrogen and oxygen atoms in total. The maximum Gasteiger partial charge on any atom is 0.266 e. The number of rotatable bonds is 4. The number of thiophene rings is 1. The Bertz CT molecular complexity index is 1020. The van der Waals surface area contributed by atoms with Gasteiger partial charge in [0.05, 0.1) is 16.6 Å². The first-order chi connectivity index (χ1) is 12.0. The van der Waals surface area contributed by atoms with Crippen molar-refractivity contribution in [2.45, 2.75) is 40.7 Å². The summed E-state index contributed by atoms with van der Waals surface area (Å²) in [4.78, 5) is 30.9. The summed E-state index contributed by atoms with van der Waals surface area (Å²) in [5.74, 6) is -0.188. The molecule has 0 atom stereocenters. The number of carbonyl (C=O) groups excluding carboxylic acids is 1. The van der Waals surface area contributed by atoms with Gasteiger partial charge in [0.15, 0.2) is 0 Å². The summed E-state index contributed by atoms with van der Waals surface area (Å²) in [6, 6.07) is 5.99. The van der Waals surface area contributed by atoms with Gasteiger partial charge in [-0.1, -0.05) is 25.1 Å². The Morgan fingerprint density at radius 2 is 2.04 bits per heavy atom. The van der Waals surface area contributed by atoms with E-state index >= 15 is 0 Å². The minimum Gasteiger partial charge on any atom is -0.321 e. The van der Waals surface area contributed by atoms with Crippen LogP contribution in [-0.4, -0.2) is 15.5 Å². The van der Waals surface area contributed by atoms with Gasteiger partial charge >= 0.3 is 0 Å². The summed E-state index contributed by atoms with van der Waals surface area (Å²) < 4.78 is 1.56. The molecule has 1 N–H and O–H groups in total. The van der Waals surface area contributed by atoms with Gasteiger partial charge in [-0.15, -0.1) is 11.3 Å². The summed E-state index contributed by atoms with van der Waals surface area (Å²) in [5.41, 5.74) is 3.58. The zero-order valence-corrected chi connectivity index (χ0v) is 15.7. The molecule has 0 aliphatic rings. The van der Waals surface area contributed by atoms with Crippen LogP contribution in [0.4, 0.5) is 5.69 Å². The number of fused-ring (bicyclic) bond motifs is 1. The molecule has 3 aromatic rings. The van der Waals surface area contributed by atoms with Gasteiger partial charge in [-0.05, 0) is 43.9 Å². The van der Waals surface area contributed by atoms with Crippen molar-refractivity contribution in [2.75, 3.05) is 5.32 Å². The van der Waals surface area contributed by atoms with Crippen molar-refractivity contribution in [3.05, 3.63) is 56.4 Å². The number of aromatic nitrogens is 2. The van der Waals surface area contributed by atoms with E-state index in [9.17, 15) is 9.59 Å². The molecule has 130 valence electrons. The van der Waals surface area contributed by atoms with Crippen LogP contribution in [0, 0.1) is 13.8 Å². The summed E-state index contributed by atoms with van der Waals surface area (Å²) in [6.45, 7) is 8.31. The highest BCUT2D eigenvalue weighted by atomic mass is 32.1. The Labute approximate surface area is 150 Å². The van der Waals surface area contributed by atoms with Crippen LogP contribution in [0.15, 0.2) is 29.3 Å². The third kappa shape index (κ3) is 2.98. The predicted octanol–water partition coefficient (Wildman–Crippen LogP) is 3.91. The van der Waals surface area contributed by atoms with Crippen LogP contribution in [0.5, 0.6) is 0 Å². The fourth-order valence-corrected chi connectivity index (χ4v) is 4.01. The zero-order chi connectivity index (χ0) is 18.1. The van der Waals surface area contributed by atoms with E-state index in [0.29, 0.717) is 27.2 Å². The molecule has 6 heteroatoms. The summed E-state index contributed by atoms with van der Waals surface area (Å²) in [7, 11) is 0. The van der Waals surface area contributed by atoms with Crippen molar-refractivity contribution >= 4 is 33.1 Å². The van der Waals surface area contributed by atoms with Crippen LogP contribution in [0.2, 0.25) is 0 Å². The number of benzene rings is 1. The number of hydrogen-bond donors (Lipinski definition) is 1. The van der Waals surface area contributed by atoms with Gasteiger partial charge in [-0.3, -0.25) is 14.2 Å². The lowest BCUT2D eigenvalue weighted by Crippen LogP contribution is -2.19. The van der Waals surface area contributed by atoms with Gasteiger partial charge in [0, 0.05) is 12.2 Å². The lowest BCUT2D eigenvalue weighted by molar-refractivity contribution is 0.103. The van der Waals surface area contributed by atoms with E-state index in [-0.39, 0.29) is 11.5 Å². The molecule has 2 aromatic heterocycles. The van der Waals surface area contributed by atoms with E-state index in [4.69, 9.17) is 0 Å². The Hall–Kier alpha value is -2.47. The second-order valence-electron chi connectivity index (χ2n) is 5.99. The Kier molecular flexibility index (Phi) is 4.72. The Balaban J connectivity index is 2.06. The fraction of sp³-hybridized carbons (Fsp3) is 0.316. The molecule has 3 rings (SSSR count). The van der Waals surface area contributed by atoms with Crippen LogP contribution in [0.25, 0.3) is 10.2 Å². The maximum atomic E-state index is 12.9. The van der Waals surface area contributed by atoms with Crippen molar-refractivity contribution in [2.24, 2.45) is 0 Å². The third-order valence-corrected chi connectivity index (χ3v) is 5.64. The van der Waals surface area contributed by atoms with Crippen molar-refractivity contribution in [3.63, 3.8) is 0 Å². The molecule has 0 saturated carbocycles. The molecule has 0 aliphatic carbocycles. The highest BCUT2D eigenvalue weighted by Crippen LogP contribution is 2.29. The number of amides is 1. The summed E-state index contributed by atoms with van der Waals surface area (Å²) in [5, 5.41) is 3.57. The maximum absolute atomic E-state index is 12.9. The molecule has 0 fully saturated rings. The van der Waals surface area contributed by atoms with E-state index in [1.807, 2.05) is 39.0 Å². The quantitative estimate of drug-likeness (QED) is 0.772. The number of nitrogens with one attached hydrogen (secondary N) is 1. The fourth-order valence-electron chi connectivity index (χ4n) is 2.97. The highest BCUT2D eigenvalue weighted by molar-refractivity contribution is 7.20. The lowest BCUT2D eigenvalue weighted by Gasteiger charge is -2.12. The molecule has 0 spiro atoms. The number of aryl methyl sites for hydroxylation is 4. The van der Waals surface area contributed by atoms with Crippen LogP contribution in [-0.2, 0) is 13.0 Å². The average Bonchev–Trinajstić information content (AvgIpc) is 2.94. The zero-order valence-electron chi connectivity index (χ0n) is 14.8. The van der Waals surface area contributed by atoms with Crippen LogP contribution in [0.1, 0.15) is 40.2 Å². The van der Waals surface area contributed by atoms with Gasteiger partial charge in [-0.25, -0.2) is 4.98 Å². The Morgan fingerprint density at radius 3 is 2.72 bits per heavy atom. The highest BCUT2D eigenvalue weighted by Gasteiger charge is 2.20. The summed E-state index contributed by atoms with van der Waals surface area (Å²) >= 11 is 1.27. The third-order valence-electron chi connectivity index (χ3n) is 4.44. The largest absolute Gasteiger partial charge is 0.321 e. The van der Waals surface area contributed by atoms with E-state index < -0.39 is 0 Å². The molecule has 0 radical (unpaired) electrons. The molecule has 0 unspecified atom stereocenters. The van der Waals surface area contributed by atoms with Gasteiger partial charge in [0.2, 0.25) is 0 Å². The SMILES string of the molecule is CCc1cccc(C)c1NC(=O)c1sc2ncn(CC)c(=O)c2c1C. The van der Waals surface area contributed by atoms with E-state index in [1.54, 1.807) is 10.9 Å². The predicted molar refractivity (Wildman–Crippen MR) is 103 cm³/mol. The minimum atomic E-state index is -0.188. The summed E-state index contributed by atoms with van der Waals surface area (Å²) in [6.07, 6.45) is 2.38. The molecule has 0 bridgehead atoms. The molecular weight excluding hydrogens is 334 g/mol. The van der Waals surface area contributed by atoms with Gasteiger partial charge < -0.3 is 5.32 Å². The number of carbonyl (C=O) groups is 1. The molecular formula is C19H21N3O2S. The second kappa shape index (κ2) is 6.80. The smallest absolute Gasteiger partial charge is 0.266 e. The van der Waals surface area contributed by atoms with Crippen LogP contribution >= 0.6 is 11.3 Å². The van der Waals surface area contributed by atoms with E-state index in [2.05, 4.69) is 17.2 Å². The van der Waals surface area contributed by atoms with E-state index in [1.165, 1.54) is 11.3 Å². The second-order valence-corrected chi connectivity index (χ2v) is 6.99. The number of nitrogens with zero attached hydrogens (tertiary/aromatic N) is 2. The first kappa shape index (κ1) is 17.4. The molecule has 0 aliphatic heterocycles. The van der Waals surface area contributed by atoms with Crippen LogP contribution < -0.4 is 10.9 Å². The monoisotopic (exact) mass is 355 g/mol. The number of hydrogen-bond acceptors (Lipinski definition) is 4. The van der Waals surface area contributed by atoms with Gasteiger partial charge in [0.25, 0.3) is 11.5 Å². The Morgan fingerprint density at radius 1 is 1.28 bits per heavy atom. The van der Waals surface area contributed by atoms with Crippen LogP contribution in [0.3, 0.4) is 0 Å². The molecule has 1 amide bonds. The van der Waals surface area contributed by atoms with Crippen molar-refractivity contribution in [1.82, 2.24) is 9.55 Å². The number of para-hydroxylation sites is 1. The first-order valence-corrected chi connectivity index (χ1v) is 9.17. The normalized spacial score (nSPS) is 11.0. The van der Waals surface area contributed by atoms with Crippen molar-refractivity contribution in [1.29, 1.82) is 0 Å². The standard InChI is InChI=1S/C19H21N3O2S/c1-5-13-9-7-8-11(3)15(13)21-17(23)16-12(4)14-18(25-16)20-10-22(6-2)19(14)24/h7-10H,5-6H2,1-4H3,(H,21,23). The molecule has 2 heterocycles. The van der Waals surface area contributed by atoms with Crippen molar-refractivity contribution < 1.29 is 4.79 Å². The molecule has 1 aromatic carbocycles. The van der Waals surface area contributed by atoms with Gasteiger partial charge in [-0.2, -0.15) is 0 Å². The first-order valence-electron chi connectivity index (χ1n) is 8.36. The number of anilines is 1. The van der Waals surface area contributed by atoms with Gasteiger partial charge in [0.1, 0.15) is 4.83 Å². The topological polar surface area (TPSA) is 64.0 Å². The average molecular weight is 355 g/mol. The van der Waals surface area contributed by atoms with E-state index in [0.717, 1.165) is 23.2 Å². The minimum absolute atomic E-state index is 0.0922. The molecule has 25 heavy (non-hydrogen) atoms. The molecule has 0 saturated heterocycles.